The summed E-state index contributed by atoms with van der Waals surface area (Å²) in [6.45, 7) is 3.93. The molecule has 5 nitrogen and oxygen atoms in total. The van der Waals surface area contributed by atoms with Crippen LogP contribution in [0, 0.1) is 0 Å². The zero-order valence-electron chi connectivity index (χ0n) is 29.6. The normalized spacial score (nSPS) is 13.0. The molecule has 46 heavy (non-hydrogen) atoms. The Morgan fingerprint density at radius 2 is 0.935 bits per heavy atom. The van der Waals surface area contributed by atoms with E-state index in [2.05, 4.69) is 86.8 Å². The van der Waals surface area contributed by atoms with E-state index in [1.165, 1.54) is 51.4 Å². The largest absolute Gasteiger partial charge is 0.462 e. The maximum absolute atomic E-state index is 12.1. The van der Waals surface area contributed by atoms with Gasteiger partial charge in [-0.3, -0.25) is 9.59 Å². The Morgan fingerprint density at radius 3 is 1.46 bits per heavy atom. The van der Waals surface area contributed by atoms with Gasteiger partial charge >= 0.3 is 11.9 Å². The monoisotopic (exact) mass is 641 g/mol. The number of rotatable bonds is 32. The maximum atomic E-state index is 12.1. The van der Waals surface area contributed by atoms with Gasteiger partial charge in [0.15, 0.2) is 6.10 Å². The topological polar surface area (TPSA) is 72.8 Å². The predicted molar refractivity (Wildman–Crippen MR) is 196 cm³/mol. The van der Waals surface area contributed by atoms with Gasteiger partial charge in [0.2, 0.25) is 0 Å². The zero-order valence-corrected chi connectivity index (χ0v) is 29.6. The van der Waals surface area contributed by atoms with E-state index in [0.29, 0.717) is 12.8 Å². The third-order valence-electron chi connectivity index (χ3n) is 7.48. The first-order valence-electron chi connectivity index (χ1n) is 18.5. The van der Waals surface area contributed by atoms with Crippen LogP contribution in [0.4, 0.5) is 0 Å². The van der Waals surface area contributed by atoms with Crippen LogP contribution in [-0.2, 0) is 19.1 Å². The number of hydrogen-bond donors (Lipinski definition) is 1. The average Bonchev–Trinajstić information content (AvgIpc) is 3.06. The van der Waals surface area contributed by atoms with E-state index in [9.17, 15) is 14.7 Å². The number of carbonyl (C=O) groups is 2. The summed E-state index contributed by atoms with van der Waals surface area (Å²) in [6, 6.07) is 0. The number of aliphatic hydroxyl groups excluding tert-OH is 1. The summed E-state index contributed by atoms with van der Waals surface area (Å²) in [5.41, 5.74) is 0. The van der Waals surface area contributed by atoms with E-state index < -0.39 is 6.10 Å². The summed E-state index contributed by atoms with van der Waals surface area (Å²) in [4.78, 5) is 24.2. The Labute approximate surface area is 283 Å². The van der Waals surface area contributed by atoms with E-state index in [0.717, 1.165) is 77.0 Å². The molecule has 0 rings (SSSR count). The van der Waals surface area contributed by atoms with Crippen LogP contribution in [0.15, 0.2) is 72.9 Å². The molecule has 0 saturated heterocycles. The molecule has 0 heterocycles. The molecule has 0 amide bonds. The molecule has 0 bridgehead atoms. The lowest BCUT2D eigenvalue weighted by Crippen LogP contribution is -2.28. The lowest BCUT2D eigenvalue weighted by Gasteiger charge is -2.15. The second kappa shape index (κ2) is 36.8. The first-order valence-corrected chi connectivity index (χ1v) is 18.5. The zero-order chi connectivity index (χ0) is 33.6. The highest BCUT2D eigenvalue weighted by atomic mass is 16.6. The van der Waals surface area contributed by atoms with Gasteiger partial charge in [0, 0.05) is 12.8 Å². The van der Waals surface area contributed by atoms with Crippen molar-refractivity contribution < 1.29 is 24.2 Å². The summed E-state index contributed by atoms with van der Waals surface area (Å²) in [7, 11) is 0. The number of esters is 2. The Balaban J connectivity index is 3.67. The molecular formula is C41H68O5. The van der Waals surface area contributed by atoms with Crippen molar-refractivity contribution in [2.75, 3.05) is 13.2 Å². The van der Waals surface area contributed by atoms with Crippen molar-refractivity contribution in [1.29, 1.82) is 0 Å². The molecule has 0 aliphatic heterocycles. The van der Waals surface area contributed by atoms with Gasteiger partial charge in [-0.15, -0.1) is 0 Å². The van der Waals surface area contributed by atoms with Crippen molar-refractivity contribution in [3.8, 4) is 0 Å². The number of allylic oxidation sites excluding steroid dienone is 12. The molecule has 0 fully saturated rings. The Kier molecular flexibility index (Phi) is 34.7. The summed E-state index contributed by atoms with van der Waals surface area (Å²) in [5.74, 6) is -0.656. The van der Waals surface area contributed by atoms with E-state index >= 15 is 0 Å². The summed E-state index contributed by atoms with van der Waals surface area (Å²) < 4.78 is 10.5. The van der Waals surface area contributed by atoms with E-state index in [1.54, 1.807) is 0 Å². The fourth-order valence-corrected chi connectivity index (χ4v) is 4.69. The maximum Gasteiger partial charge on any atom is 0.306 e. The van der Waals surface area contributed by atoms with Gasteiger partial charge < -0.3 is 14.6 Å². The van der Waals surface area contributed by atoms with Gasteiger partial charge in [0.1, 0.15) is 6.61 Å². The summed E-state index contributed by atoms with van der Waals surface area (Å²) >= 11 is 0. The van der Waals surface area contributed by atoms with Gasteiger partial charge in [-0.1, -0.05) is 132 Å². The fourth-order valence-electron chi connectivity index (χ4n) is 4.69. The van der Waals surface area contributed by atoms with Crippen molar-refractivity contribution in [3.05, 3.63) is 72.9 Å². The molecule has 0 spiro atoms. The summed E-state index contributed by atoms with van der Waals surface area (Å²) in [5, 5.41) is 9.53. The van der Waals surface area contributed by atoms with E-state index in [4.69, 9.17) is 9.47 Å². The molecule has 0 aliphatic carbocycles. The third-order valence-corrected chi connectivity index (χ3v) is 7.48. The van der Waals surface area contributed by atoms with E-state index in [-0.39, 0.29) is 25.2 Å². The third kappa shape index (κ3) is 34.2. The predicted octanol–water partition coefficient (Wildman–Crippen LogP) is 11.4. The number of ether oxygens (including phenoxy) is 2. The second-order valence-electron chi connectivity index (χ2n) is 11.9. The molecule has 1 N–H and O–H groups in total. The molecular weight excluding hydrogens is 572 g/mol. The minimum absolute atomic E-state index is 0.0944. The highest BCUT2D eigenvalue weighted by molar-refractivity contribution is 5.70. The first-order chi connectivity index (χ1) is 22.6. The number of hydrogen-bond acceptors (Lipinski definition) is 5. The Morgan fingerprint density at radius 1 is 0.522 bits per heavy atom. The molecule has 1 atom stereocenters. The lowest BCUT2D eigenvalue weighted by molar-refractivity contribution is -0.161. The first kappa shape index (κ1) is 43.3. The van der Waals surface area contributed by atoms with Gasteiger partial charge in [-0.2, -0.15) is 0 Å². The van der Waals surface area contributed by atoms with Crippen LogP contribution in [0.3, 0.4) is 0 Å². The number of aliphatic hydroxyl groups is 1. The van der Waals surface area contributed by atoms with Crippen LogP contribution >= 0.6 is 0 Å². The van der Waals surface area contributed by atoms with Gasteiger partial charge in [-0.25, -0.2) is 0 Å². The van der Waals surface area contributed by atoms with Crippen LogP contribution < -0.4 is 0 Å². The van der Waals surface area contributed by atoms with Crippen LogP contribution in [0.5, 0.6) is 0 Å². The highest BCUT2D eigenvalue weighted by Gasteiger charge is 2.16. The minimum Gasteiger partial charge on any atom is -0.462 e. The summed E-state index contributed by atoms with van der Waals surface area (Å²) in [6.07, 6.45) is 48.1. The van der Waals surface area contributed by atoms with Gasteiger partial charge in [-0.05, 0) is 83.5 Å². The van der Waals surface area contributed by atoms with Crippen LogP contribution in [-0.4, -0.2) is 36.4 Å². The fraction of sp³-hybridized carbons (Fsp3) is 0.659. The standard InChI is InChI=1S/C41H68O5/c1-3-5-7-9-11-13-15-17-19-20-22-24-26-28-30-32-34-36-41(44)46-39(37-42)38-45-40(43)35-33-31-29-27-25-23-21-18-16-14-12-10-8-6-4-2/h6,8,11-14,17-19,21,25,27,39,42H,3-5,7,9-10,15-16,20,22-24,26,28-38H2,1-2H3/t39-/m0/s1. The molecule has 0 radical (unpaired) electrons. The number of unbranched alkanes of at least 4 members (excludes halogenated alkanes) is 12. The number of carbonyl (C=O) groups excluding carboxylic acids is 2. The molecule has 0 saturated carbocycles. The van der Waals surface area contributed by atoms with Crippen molar-refractivity contribution in [3.63, 3.8) is 0 Å². The van der Waals surface area contributed by atoms with Crippen molar-refractivity contribution in [1.82, 2.24) is 0 Å². The van der Waals surface area contributed by atoms with E-state index in [1.807, 2.05) is 0 Å². The molecule has 0 aromatic rings. The van der Waals surface area contributed by atoms with Crippen molar-refractivity contribution in [2.45, 2.75) is 161 Å². The quantitative estimate of drug-likeness (QED) is 0.0450. The minimum atomic E-state index is -0.795. The van der Waals surface area contributed by atoms with Crippen LogP contribution in [0.2, 0.25) is 0 Å². The lowest BCUT2D eigenvalue weighted by atomic mass is 10.1. The second-order valence-corrected chi connectivity index (χ2v) is 11.9. The molecule has 5 heteroatoms. The smallest absolute Gasteiger partial charge is 0.306 e. The highest BCUT2D eigenvalue weighted by Crippen LogP contribution is 2.11. The van der Waals surface area contributed by atoms with Gasteiger partial charge in [0.05, 0.1) is 6.61 Å². The molecule has 0 aromatic heterocycles. The van der Waals surface area contributed by atoms with Crippen molar-refractivity contribution in [2.24, 2.45) is 0 Å². The molecule has 0 aromatic carbocycles. The van der Waals surface area contributed by atoms with Crippen LogP contribution in [0.1, 0.15) is 155 Å². The Bertz CT molecular complexity index is 864. The van der Waals surface area contributed by atoms with Gasteiger partial charge in [0.25, 0.3) is 0 Å². The molecule has 0 aliphatic rings. The Hall–Kier alpha value is -2.66. The SMILES string of the molecule is CCC=CCC=CCC=CCC=CCCCCC(=O)OC[C@H](CO)OC(=O)CCCCCCCCCC=CCC=CCCCCC. The average molecular weight is 641 g/mol. The van der Waals surface area contributed by atoms with Crippen LogP contribution in [0.25, 0.3) is 0 Å². The van der Waals surface area contributed by atoms with Crippen molar-refractivity contribution >= 4 is 11.9 Å². The molecule has 262 valence electrons. The molecule has 0 unspecified atom stereocenters.